The summed E-state index contributed by atoms with van der Waals surface area (Å²) in [5.41, 5.74) is 3.46. The van der Waals surface area contributed by atoms with Crippen molar-refractivity contribution in [3.05, 3.63) is 0 Å². The van der Waals surface area contributed by atoms with Gasteiger partial charge in [-0.05, 0) is 19.3 Å². The van der Waals surface area contributed by atoms with Crippen molar-refractivity contribution in [1.29, 1.82) is 0 Å². The first-order valence-corrected chi connectivity index (χ1v) is 8.74. The average Bonchev–Trinajstić information content (AvgIpc) is 2.74. The largest absolute Gasteiger partial charge is 0.352 e. The van der Waals surface area contributed by atoms with Crippen LogP contribution in [-0.4, -0.2) is 19.8 Å². The highest BCUT2D eigenvalue weighted by Gasteiger charge is 2.56. The molecule has 1 nitrogen and oxygen atoms in total. The van der Waals surface area contributed by atoms with Crippen molar-refractivity contribution in [3.63, 3.8) is 0 Å². The third-order valence-corrected chi connectivity index (χ3v) is 3.60. The fourth-order valence-electron chi connectivity index (χ4n) is 1.91. The summed E-state index contributed by atoms with van der Waals surface area (Å²) in [6.45, 7) is 6.87. The first kappa shape index (κ1) is 9.30. The lowest BCUT2D eigenvalue weighted by molar-refractivity contribution is 0.336. The molecule has 1 aliphatic carbocycles. The Morgan fingerprint density at radius 1 is 1.31 bits per heavy atom. The Bertz CT molecular complexity index is 268. The van der Waals surface area contributed by atoms with E-state index < -0.39 is 8.07 Å². The second-order valence-electron chi connectivity index (χ2n) is 5.24. The Kier molecular flexibility index (Phi) is 2.05. The van der Waals surface area contributed by atoms with Gasteiger partial charge in [-0.25, -0.2) is 0 Å². The molecule has 0 bridgehead atoms. The van der Waals surface area contributed by atoms with E-state index in [2.05, 4.69) is 31.1 Å². The van der Waals surface area contributed by atoms with Crippen LogP contribution in [0.1, 0.15) is 25.7 Å². The molecule has 0 N–H and O–H groups in total. The predicted molar refractivity (Wildman–Crippen MR) is 57.2 cm³/mol. The molecule has 0 radical (unpaired) electrons. The maximum atomic E-state index is 5.71. The molecule has 13 heavy (non-hydrogen) atoms. The lowest BCUT2D eigenvalue weighted by Crippen LogP contribution is -2.21. The minimum absolute atomic E-state index is 0.0263. The summed E-state index contributed by atoms with van der Waals surface area (Å²) in [5, 5.41) is 0. The molecule has 2 heteroatoms. The van der Waals surface area contributed by atoms with Gasteiger partial charge in [0.05, 0.1) is 6.10 Å². The summed E-state index contributed by atoms with van der Waals surface area (Å²) in [6, 6.07) is 0. The topological polar surface area (TPSA) is 12.5 Å². The van der Waals surface area contributed by atoms with E-state index in [4.69, 9.17) is 4.74 Å². The molecule has 2 aliphatic rings. The molecule has 0 spiro atoms. The van der Waals surface area contributed by atoms with E-state index in [1.807, 2.05) is 0 Å². The van der Waals surface area contributed by atoms with E-state index in [1.165, 1.54) is 25.7 Å². The summed E-state index contributed by atoms with van der Waals surface area (Å²) < 4.78 is 5.71. The van der Waals surface area contributed by atoms with Gasteiger partial charge in [-0.1, -0.05) is 32.0 Å². The molecule has 1 saturated carbocycles. The van der Waals surface area contributed by atoms with E-state index in [0.717, 1.165) is 0 Å². The maximum Gasteiger partial charge on any atom is 0.154 e. The maximum absolute atomic E-state index is 5.71. The van der Waals surface area contributed by atoms with Gasteiger partial charge in [-0.3, -0.25) is 0 Å². The van der Waals surface area contributed by atoms with Crippen LogP contribution in [0.3, 0.4) is 0 Å². The molecular weight excluding hydrogens is 176 g/mol. The Morgan fingerprint density at radius 3 is 2.69 bits per heavy atom. The van der Waals surface area contributed by atoms with E-state index in [0.29, 0.717) is 6.10 Å². The summed E-state index contributed by atoms with van der Waals surface area (Å²) in [4.78, 5) is 0. The molecular formula is C11H18OSi. The molecule has 0 amide bonds. The van der Waals surface area contributed by atoms with Crippen LogP contribution >= 0.6 is 0 Å². The highest BCUT2D eigenvalue weighted by molar-refractivity contribution is 6.83. The second kappa shape index (κ2) is 2.86. The van der Waals surface area contributed by atoms with E-state index >= 15 is 0 Å². The van der Waals surface area contributed by atoms with Crippen LogP contribution in [0, 0.1) is 11.5 Å². The Morgan fingerprint density at radius 2 is 2.08 bits per heavy atom. The first-order valence-electron chi connectivity index (χ1n) is 5.24. The van der Waals surface area contributed by atoms with Gasteiger partial charge in [0.25, 0.3) is 0 Å². The number of hydrogen-bond acceptors (Lipinski definition) is 1. The lowest BCUT2D eigenvalue weighted by Gasteiger charge is -2.12. The number of rotatable bonds is 0. The molecule has 0 unspecified atom stereocenters. The zero-order valence-electron chi connectivity index (χ0n) is 8.81. The summed E-state index contributed by atoms with van der Waals surface area (Å²) in [6.07, 6.45) is 5.54. The van der Waals surface area contributed by atoms with Crippen LogP contribution in [-0.2, 0) is 4.74 Å². The summed E-state index contributed by atoms with van der Waals surface area (Å²) in [7, 11) is -1.20. The zero-order chi connectivity index (χ0) is 9.53. The normalized spacial score (nSPS) is 37.3. The van der Waals surface area contributed by atoms with Crippen molar-refractivity contribution < 1.29 is 4.74 Å². The van der Waals surface area contributed by atoms with E-state index in [-0.39, 0.29) is 5.60 Å². The monoisotopic (exact) mass is 194 g/mol. The van der Waals surface area contributed by atoms with Gasteiger partial charge in [0.1, 0.15) is 8.07 Å². The van der Waals surface area contributed by atoms with Gasteiger partial charge in [0.15, 0.2) is 5.60 Å². The SMILES string of the molecule is C[Si](C)(C)C#C[C@]12CCCC[C@H]1O2. The van der Waals surface area contributed by atoms with Gasteiger partial charge in [0.2, 0.25) is 0 Å². The minimum Gasteiger partial charge on any atom is -0.352 e. The predicted octanol–water partition coefficient (Wildman–Crippen LogP) is 2.58. The molecule has 2 rings (SSSR count). The molecule has 1 aliphatic heterocycles. The number of ether oxygens (including phenoxy) is 1. The molecule has 72 valence electrons. The van der Waals surface area contributed by atoms with Gasteiger partial charge < -0.3 is 4.74 Å². The van der Waals surface area contributed by atoms with Crippen molar-refractivity contribution >= 4 is 8.07 Å². The van der Waals surface area contributed by atoms with Gasteiger partial charge in [-0.15, -0.1) is 5.54 Å². The van der Waals surface area contributed by atoms with Crippen LogP contribution in [0.15, 0.2) is 0 Å². The van der Waals surface area contributed by atoms with Crippen LogP contribution in [0.2, 0.25) is 19.6 Å². The van der Waals surface area contributed by atoms with Crippen molar-refractivity contribution in [2.24, 2.45) is 0 Å². The Balaban J connectivity index is 2.05. The van der Waals surface area contributed by atoms with Crippen molar-refractivity contribution in [2.75, 3.05) is 0 Å². The van der Waals surface area contributed by atoms with Crippen LogP contribution in [0.25, 0.3) is 0 Å². The van der Waals surface area contributed by atoms with Crippen molar-refractivity contribution in [2.45, 2.75) is 57.0 Å². The van der Waals surface area contributed by atoms with Crippen LogP contribution in [0.4, 0.5) is 0 Å². The van der Waals surface area contributed by atoms with Gasteiger partial charge in [0, 0.05) is 0 Å². The minimum atomic E-state index is -1.20. The lowest BCUT2D eigenvalue weighted by atomic mass is 9.90. The number of epoxide rings is 1. The quantitative estimate of drug-likeness (QED) is 0.328. The number of fused-ring (bicyclic) bond motifs is 1. The summed E-state index contributed by atoms with van der Waals surface area (Å²) >= 11 is 0. The highest BCUT2D eigenvalue weighted by Crippen LogP contribution is 2.47. The molecule has 0 aromatic heterocycles. The van der Waals surface area contributed by atoms with Gasteiger partial charge >= 0.3 is 0 Å². The molecule has 1 heterocycles. The van der Waals surface area contributed by atoms with Crippen LogP contribution < -0.4 is 0 Å². The fraction of sp³-hybridized carbons (Fsp3) is 0.818. The smallest absolute Gasteiger partial charge is 0.154 e. The average molecular weight is 194 g/mol. The first-order chi connectivity index (χ1) is 6.02. The molecule has 0 aromatic rings. The highest BCUT2D eigenvalue weighted by atomic mass is 28.3. The summed E-state index contributed by atoms with van der Waals surface area (Å²) in [5.74, 6) is 3.40. The second-order valence-corrected chi connectivity index (χ2v) is 9.99. The van der Waals surface area contributed by atoms with Crippen molar-refractivity contribution in [3.8, 4) is 11.5 Å². The van der Waals surface area contributed by atoms with Crippen molar-refractivity contribution in [1.82, 2.24) is 0 Å². The fourth-order valence-corrected chi connectivity index (χ4v) is 2.50. The molecule has 1 saturated heterocycles. The third kappa shape index (κ3) is 1.97. The number of hydrogen-bond donors (Lipinski definition) is 0. The third-order valence-electron chi connectivity index (χ3n) is 2.73. The zero-order valence-corrected chi connectivity index (χ0v) is 9.81. The standard InChI is InChI=1S/C11H18OSi/c1-13(2,3)9-8-11-7-5-4-6-10(11)12-11/h10H,4-7H2,1-3H3/t10-,11-/m1/s1. The van der Waals surface area contributed by atoms with E-state index in [9.17, 15) is 0 Å². The van der Waals surface area contributed by atoms with Gasteiger partial charge in [-0.2, -0.15) is 0 Å². The van der Waals surface area contributed by atoms with Crippen LogP contribution in [0.5, 0.6) is 0 Å². The van der Waals surface area contributed by atoms with E-state index in [1.54, 1.807) is 0 Å². The Labute approximate surface area is 81.9 Å². The molecule has 0 aromatic carbocycles. The Hall–Kier alpha value is -0.263. The molecule has 2 atom stereocenters. The molecule has 2 fully saturated rings.